The molecule has 2 heterocycles. The highest BCUT2D eigenvalue weighted by atomic mass is 16.8. The lowest BCUT2D eigenvalue weighted by Crippen LogP contribution is -2.40. The zero-order valence-electron chi connectivity index (χ0n) is 8.54. The summed E-state index contributed by atoms with van der Waals surface area (Å²) in [6.45, 7) is 3.69. The first-order valence-corrected chi connectivity index (χ1v) is 4.79. The molecule has 0 radical (unpaired) electrons. The van der Waals surface area contributed by atoms with E-state index in [1.54, 1.807) is 13.8 Å². The largest absolute Gasteiger partial charge is 0.455 e. The van der Waals surface area contributed by atoms with Crippen LogP contribution in [0.1, 0.15) is 13.8 Å². The Morgan fingerprint density at radius 2 is 2.07 bits per heavy atom. The summed E-state index contributed by atoms with van der Waals surface area (Å²) >= 11 is 0. The van der Waals surface area contributed by atoms with Gasteiger partial charge in [0.1, 0.15) is 12.2 Å². The fraction of sp³-hybridized carbons (Fsp3) is 0.889. The maximum Gasteiger partial charge on any atom is 0.338 e. The van der Waals surface area contributed by atoms with Crippen molar-refractivity contribution < 1.29 is 29.2 Å². The molecule has 2 aliphatic rings. The number of ether oxygens (including phenoxy) is 3. The zero-order chi connectivity index (χ0) is 11.2. The summed E-state index contributed by atoms with van der Waals surface area (Å²) in [4.78, 5) is 11.0. The molecule has 6 nitrogen and oxygen atoms in total. The van der Waals surface area contributed by atoms with Crippen molar-refractivity contribution in [2.24, 2.45) is 0 Å². The standard InChI is InChI=1S/C9H14O6/c1-9(2)13-3-4(15-9)7-5(10)6(11)8(12)14-7/h4-7,10-11H,3H2,1-2H3/t4?,5-,6+,7-/m1/s1. The number of carbonyl (C=O) groups is 1. The number of hydrogen-bond donors (Lipinski definition) is 2. The van der Waals surface area contributed by atoms with Gasteiger partial charge in [-0.3, -0.25) is 0 Å². The highest BCUT2D eigenvalue weighted by Crippen LogP contribution is 2.30. The molecule has 6 heteroatoms. The van der Waals surface area contributed by atoms with Gasteiger partial charge in [-0.05, 0) is 13.8 Å². The molecule has 86 valence electrons. The van der Waals surface area contributed by atoms with E-state index >= 15 is 0 Å². The first-order chi connectivity index (χ1) is 6.91. The number of aliphatic hydroxyl groups excluding tert-OH is 2. The summed E-state index contributed by atoms with van der Waals surface area (Å²) in [5.74, 6) is -1.56. The van der Waals surface area contributed by atoms with Crippen molar-refractivity contribution in [3.8, 4) is 0 Å². The van der Waals surface area contributed by atoms with Crippen LogP contribution in [0.5, 0.6) is 0 Å². The molecule has 0 aromatic rings. The van der Waals surface area contributed by atoms with Crippen molar-refractivity contribution >= 4 is 5.97 Å². The van der Waals surface area contributed by atoms with Gasteiger partial charge in [-0.25, -0.2) is 4.79 Å². The van der Waals surface area contributed by atoms with Gasteiger partial charge in [0, 0.05) is 0 Å². The number of hydrogen-bond acceptors (Lipinski definition) is 6. The summed E-state index contributed by atoms with van der Waals surface area (Å²) in [5.41, 5.74) is 0. The Balaban J connectivity index is 2.04. The lowest BCUT2D eigenvalue weighted by atomic mass is 10.1. The Kier molecular flexibility index (Phi) is 2.46. The number of cyclic esters (lactones) is 1. The van der Waals surface area contributed by atoms with Crippen LogP contribution in [0.4, 0.5) is 0 Å². The molecule has 0 bridgehead atoms. The highest BCUT2D eigenvalue weighted by Gasteiger charge is 2.50. The molecular formula is C9H14O6. The molecule has 2 saturated heterocycles. The second kappa shape index (κ2) is 3.41. The van der Waals surface area contributed by atoms with E-state index in [2.05, 4.69) is 0 Å². The maximum atomic E-state index is 11.0. The van der Waals surface area contributed by atoms with Gasteiger partial charge in [0.05, 0.1) is 6.61 Å². The van der Waals surface area contributed by atoms with Crippen molar-refractivity contribution in [3.63, 3.8) is 0 Å². The van der Waals surface area contributed by atoms with E-state index in [0.717, 1.165) is 0 Å². The van der Waals surface area contributed by atoms with Gasteiger partial charge in [0.2, 0.25) is 0 Å². The average Bonchev–Trinajstić information content (AvgIpc) is 2.62. The molecule has 15 heavy (non-hydrogen) atoms. The van der Waals surface area contributed by atoms with E-state index < -0.39 is 36.2 Å². The Bertz CT molecular complexity index is 276. The molecule has 0 aromatic carbocycles. The second-order valence-electron chi connectivity index (χ2n) is 4.20. The minimum absolute atomic E-state index is 0.231. The average molecular weight is 218 g/mol. The Labute approximate surface area is 86.7 Å². The predicted octanol–water partition coefficient (Wildman–Crippen LogP) is -1.21. The minimum Gasteiger partial charge on any atom is -0.455 e. The summed E-state index contributed by atoms with van der Waals surface area (Å²) in [7, 11) is 0. The first kappa shape index (κ1) is 10.8. The quantitative estimate of drug-likeness (QED) is 0.537. The van der Waals surface area contributed by atoms with Crippen molar-refractivity contribution in [1.29, 1.82) is 0 Å². The number of esters is 1. The van der Waals surface area contributed by atoms with Gasteiger partial charge in [0.15, 0.2) is 18.0 Å². The summed E-state index contributed by atoms with van der Waals surface area (Å²) < 4.78 is 15.5. The molecule has 2 N–H and O–H groups in total. The molecule has 2 fully saturated rings. The van der Waals surface area contributed by atoms with Crippen LogP contribution in [0.3, 0.4) is 0 Å². The van der Waals surface area contributed by atoms with Crippen molar-refractivity contribution in [3.05, 3.63) is 0 Å². The van der Waals surface area contributed by atoms with Crippen LogP contribution in [-0.2, 0) is 19.0 Å². The number of rotatable bonds is 1. The molecule has 2 rings (SSSR count). The van der Waals surface area contributed by atoms with Crippen LogP contribution >= 0.6 is 0 Å². The summed E-state index contributed by atoms with van der Waals surface area (Å²) in [6, 6.07) is 0. The maximum absolute atomic E-state index is 11.0. The third-order valence-corrected chi connectivity index (χ3v) is 2.55. The highest BCUT2D eigenvalue weighted by molar-refractivity contribution is 5.77. The third-order valence-electron chi connectivity index (χ3n) is 2.55. The van der Waals surface area contributed by atoms with Crippen molar-refractivity contribution in [1.82, 2.24) is 0 Å². The lowest BCUT2D eigenvalue weighted by Gasteiger charge is -2.21. The smallest absolute Gasteiger partial charge is 0.338 e. The van der Waals surface area contributed by atoms with E-state index in [-0.39, 0.29) is 6.61 Å². The zero-order valence-corrected chi connectivity index (χ0v) is 8.54. The molecule has 0 saturated carbocycles. The Hall–Kier alpha value is -0.690. The lowest BCUT2D eigenvalue weighted by molar-refractivity contribution is -0.166. The van der Waals surface area contributed by atoms with Crippen LogP contribution < -0.4 is 0 Å². The fourth-order valence-electron chi connectivity index (χ4n) is 1.77. The molecule has 0 spiro atoms. The molecule has 0 aromatic heterocycles. The third kappa shape index (κ3) is 1.85. The monoisotopic (exact) mass is 218 g/mol. The topological polar surface area (TPSA) is 85.2 Å². The molecule has 0 aliphatic carbocycles. The van der Waals surface area contributed by atoms with Gasteiger partial charge in [-0.1, -0.05) is 0 Å². The van der Waals surface area contributed by atoms with E-state index in [0.29, 0.717) is 0 Å². The minimum atomic E-state index is -1.48. The van der Waals surface area contributed by atoms with E-state index in [1.807, 2.05) is 0 Å². The van der Waals surface area contributed by atoms with Crippen molar-refractivity contribution in [2.75, 3.05) is 6.61 Å². The van der Waals surface area contributed by atoms with Gasteiger partial charge >= 0.3 is 5.97 Å². The summed E-state index contributed by atoms with van der Waals surface area (Å²) in [5, 5.41) is 18.7. The number of aliphatic hydroxyl groups is 2. The first-order valence-electron chi connectivity index (χ1n) is 4.79. The molecule has 4 atom stereocenters. The Morgan fingerprint density at radius 1 is 1.40 bits per heavy atom. The second-order valence-corrected chi connectivity index (χ2v) is 4.20. The van der Waals surface area contributed by atoms with E-state index in [4.69, 9.17) is 14.2 Å². The van der Waals surface area contributed by atoms with Gasteiger partial charge in [0.25, 0.3) is 0 Å². The van der Waals surface area contributed by atoms with E-state index in [9.17, 15) is 15.0 Å². The summed E-state index contributed by atoms with van der Waals surface area (Å²) in [6.07, 6.45) is -4.12. The molecule has 0 amide bonds. The van der Waals surface area contributed by atoms with Crippen LogP contribution in [0, 0.1) is 0 Å². The SMILES string of the molecule is CC1(C)OCC([C@H]2OC(=O)[C@@H](O)[C@H]2O)O1. The molecule has 1 unspecified atom stereocenters. The van der Waals surface area contributed by atoms with Gasteiger partial charge in [-0.2, -0.15) is 0 Å². The van der Waals surface area contributed by atoms with Crippen LogP contribution in [-0.4, -0.2) is 53.0 Å². The van der Waals surface area contributed by atoms with Crippen LogP contribution in [0.15, 0.2) is 0 Å². The van der Waals surface area contributed by atoms with Gasteiger partial charge < -0.3 is 24.4 Å². The van der Waals surface area contributed by atoms with Crippen LogP contribution in [0.25, 0.3) is 0 Å². The predicted molar refractivity (Wildman–Crippen MR) is 46.8 cm³/mol. The fourth-order valence-corrected chi connectivity index (χ4v) is 1.77. The van der Waals surface area contributed by atoms with Crippen LogP contribution in [0.2, 0.25) is 0 Å². The molecule has 2 aliphatic heterocycles. The normalized spacial score (nSPS) is 44.4. The van der Waals surface area contributed by atoms with Crippen molar-refractivity contribution in [2.45, 2.75) is 44.1 Å². The molecular weight excluding hydrogens is 204 g/mol. The van der Waals surface area contributed by atoms with E-state index in [1.165, 1.54) is 0 Å². The number of carbonyl (C=O) groups excluding carboxylic acids is 1. The van der Waals surface area contributed by atoms with Gasteiger partial charge in [-0.15, -0.1) is 0 Å². The Morgan fingerprint density at radius 3 is 2.47 bits per heavy atom.